The Morgan fingerprint density at radius 1 is 1.20 bits per heavy atom. The molecule has 0 aliphatic carbocycles. The molecule has 128 valence electrons. The van der Waals surface area contributed by atoms with Gasteiger partial charge in [0, 0.05) is 17.2 Å². The Balaban J connectivity index is 2.02. The van der Waals surface area contributed by atoms with Gasteiger partial charge in [-0.25, -0.2) is 4.79 Å². The first-order valence-electron chi connectivity index (χ1n) is 7.54. The number of anilines is 1. The largest absolute Gasteiger partial charge is 0.420 e. The number of para-hydroxylation sites is 1. The summed E-state index contributed by atoms with van der Waals surface area (Å²) in [6.07, 6.45) is 0. The molecule has 3 rings (SSSR count). The van der Waals surface area contributed by atoms with Gasteiger partial charge in [0.25, 0.3) is 0 Å². The number of hydrogen-bond acceptors (Lipinski definition) is 4. The highest BCUT2D eigenvalue weighted by molar-refractivity contribution is 9.10. The Bertz CT molecular complexity index is 1020. The van der Waals surface area contributed by atoms with Gasteiger partial charge < -0.3 is 9.32 Å². The summed E-state index contributed by atoms with van der Waals surface area (Å²) in [5, 5.41) is 0. The van der Waals surface area contributed by atoms with Crippen LogP contribution < -0.4 is 10.7 Å². The van der Waals surface area contributed by atoms with Crippen LogP contribution in [0.1, 0.15) is 17.3 Å². The van der Waals surface area contributed by atoms with Gasteiger partial charge in [0.15, 0.2) is 11.4 Å². The van der Waals surface area contributed by atoms with E-state index in [0.717, 1.165) is 5.69 Å². The minimum Gasteiger partial charge on any atom is -0.407 e. The number of carbonyl (C=O) groups is 2. The molecule has 0 aliphatic rings. The number of halogens is 1. The van der Waals surface area contributed by atoms with Crippen LogP contribution in [0.15, 0.2) is 56.1 Å². The summed E-state index contributed by atoms with van der Waals surface area (Å²) in [7, 11) is 1.64. The van der Waals surface area contributed by atoms with E-state index >= 15 is 0 Å². The molecular weight excluding hydrogens is 388 g/mol. The number of ketones is 1. The summed E-state index contributed by atoms with van der Waals surface area (Å²) in [6.45, 7) is 1.21. The Morgan fingerprint density at radius 3 is 2.52 bits per heavy atom. The maximum absolute atomic E-state index is 12.6. The molecule has 0 radical (unpaired) electrons. The van der Waals surface area contributed by atoms with E-state index in [2.05, 4.69) is 15.9 Å². The number of carbonyl (C=O) groups excluding carboxylic acids is 2. The average Bonchev–Trinajstić information content (AvgIpc) is 2.89. The maximum atomic E-state index is 12.6. The van der Waals surface area contributed by atoms with Crippen molar-refractivity contribution in [3.63, 3.8) is 0 Å². The van der Waals surface area contributed by atoms with Crippen molar-refractivity contribution >= 4 is 44.4 Å². The minimum absolute atomic E-state index is 0.189. The van der Waals surface area contributed by atoms with Gasteiger partial charge in [-0.15, -0.1) is 0 Å². The fourth-order valence-electron chi connectivity index (χ4n) is 2.58. The number of fused-ring (bicyclic) bond motifs is 1. The predicted molar refractivity (Wildman–Crippen MR) is 98.0 cm³/mol. The minimum atomic E-state index is -0.676. The monoisotopic (exact) mass is 402 g/mol. The van der Waals surface area contributed by atoms with E-state index in [1.54, 1.807) is 31.3 Å². The quantitative estimate of drug-likeness (QED) is 0.628. The number of hydrogen-bond donors (Lipinski definition) is 0. The number of amides is 1. The van der Waals surface area contributed by atoms with Crippen LogP contribution >= 0.6 is 15.9 Å². The van der Waals surface area contributed by atoms with Crippen LogP contribution in [-0.2, 0) is 11.3 Å². The van der Waals surface area contributed by atoms with Crippen molar-refractivity contribution in [3.05, 3.63) is 63.1 Å². The number of benzene rings is 2. The van der Waals surface area contributed by atoms with Crippen LogP contribution in [0.25, 0.3) is 11.1 Å². The second-order valence-electron chi connectivity index (χ2n) is 5.60. The first-order chi connectivity index (χ1) is 11.9. The molecule has 0 atom stereocenters. The van der Waals surface area contributed by atoms with Gasteiger partial charge in [-0.2, -0.15) is 0 Å². The van der Waals surface area contributed by atoms with Crippen molar-refractivity contribution in [2.45, 2.75) is 13.5 Å². The van der Waals surface area contributed by atoms with E-state index < -0.39 is 5.76 Å². The zero-order valence-electron chi connectivity index (χ0n) is 13.7. The molecule has 2 aromatic carbocycles. The lowest BCUT2D eigenvalue weighted by Gasteiger charge is -2.17. The second kappa shape index (κ2) is 6.68. The molecule has 1 heterocycles. The van der Waals surface area contributed by atoms with Crippen molar-refractivity contribution < 1.29 is 14.0 Å². The standard InChI is InChI=1S/C18H15BrN2O4/c1-11(22)14-8-12(19)9-15-17(14)25-18(24)21(15)10-16(23)20(2)13-6-4-3-5-7-13/h3-9H,10H2,1-2H3. The molecule has 0 aliphatic heterocycles. The van der Waals surface area contributed by atoms with Crippen molar-refractivity contribution in [3.8, 4) is 0 Å². The van der Waals surface area contributed by atoms with E-state index in [9.17, 15) is 14.4 Å². The third kappa shape index (κ3) is 3.28. The molecule has 0 saturated heterocycles. The lowest BCUT2D eigenvalue weighted by Crippen LogP contribution is -2.32. The van der Waals surface area contributed by atoms with Crippen LogP contribution in [0.4, 0.5) is 5.69 Å². The Morgan fingerprint density at radius 2 is 1.88 bits per heavy atom. The van der Waals surface area contributed by atoms with Crippen molar-refractivity contribution in [2.75, 3.05) is 11.9 Å². The number of aromatic nitrogens is 1. The third-order valence-corrected chi connectivity index (χ3v) is 4.38. The molecule has 1 aromatic heterocycles. The molecule has 7 heteroatoms. The molecule has 0 unspecified atom stereocenters. The molecule has 6 nitrogen and oxygen atoms in total. The van der Waals surface area contributed by atoms with Crippen LogP contribution in [0.3, 0.4) is 0 Å². The molecule has 0 saturated carbocycles. The van der Waals surface area contributed by atoms with E-state index in [1.807, 2.05) is 18.2 Å². The van der Waals surface area contributed by atoms with Crippen LogP contribution in [0, 0.1) is 0 Å². The topological polar surface area (TPSA) is 72.5 Å². The average molecular weight is 403 g/mol. The molecule has 0 spiro atoms. The number of likely N-dealkylation sites (N-methyl/N-ethyl adjacent to an activating group) is 1. The van der Waals surface area contributed by atoms with E-state index in [4.69, 9.17) is 4.42 Å². The van der Waals surface area contributed by atoms with E-state index in [1.165, 1.54) is 16.4 Å². The van der Waals surface area contributed by atoms with Gasteiger partial charge in [0.1, 0.15) is 6.54 Å². The smallest absolute Gasteiger partial charge is 0.407 e. The summed E-state index contributed by atoms with van der Waals surface area (Å²) in [5.41, 5.74) is 1.61. The first kappa shape index (κ1) is 17.2. The Labute approximate surface area is 151 Å². The van der Waals surface area contributed by atoms with Crippen LogP contribution in [0.5, 0.6) is 0 Å². The molecule has 0 fully saturated rings. The van der Waals surface area contributed by atoms with Gasteiger partial charge in [0.05, 0.1) is 11.1 Å². The highest BCUT2D eigenvalue weighted by Gasteiger charge is 2.20. The summed E-state index contributed by atoms with van der Waals surface area (Å²) in [6, 6.07) is 12.4. The maximum Gasteiger partial charge on any atom is 0.420 e. The normalized spacial score (nSPS) is 10.8. The van der Waals surface area contributed by atoms with Crippen LogP contribution in [-0.4, -0.2) is 23.3 Å². The van der Waals surface area contributed by atoms with E-state index in [-0.39, 0.29) is 23.8 Å². The molecule has 25 heavy (non-hydrogen) atoms. The fourth-order valence-corrected chi connectivity index (χ4v) is 3.02. The molecule has 0 N–H and O–H groups in total. The highest BCUT2D eigenvalue weighted by atomic mass is 79.9. The summed E-state index contributed by atoms with van der Waals surface area (Å²) in [5.74, 6) is -1.18. The van der Waals surface area contributed by atoms with Crippen LogP contribution in [0.2, 0.25) is 0 Å². The lowest BCUT2D eigenvalue weighted by molar-refractivity contribution is -0.118. The predicted octanol–water partition coefficient (Wildman–Crippen LogP) is 3.22. The molecular formula is C18H15BrN2O4. The van der Waals surface area contributed by atoms with E-state index in [0.29, 0.717) is 15.6 Å². The zero-order chi connectivity index (χ0) is 18.1. The third-order valence-electron chi connectivity index (χ3n) is 3.92. The number of oxazole rings is 1. The van der Waals surface area contributed by atoms with Gasteiger partial charge >= 0.3 is 5.76 Å². The zero-order valence-corrected chi connectivity index (χ0v) is 15.2. The number of rotatable bonds is 4. The SMILES string of the molecule is CC(=O)c1cc(Br)cc2c1oc(=O)n2CC(=O)N(C)c1ccccc1. The summed E-state index contributed by atoms with van der Waals surface area (Å²) < 4.78 is 7.09. The van der Waals surface area contributed by atoms with Gasteiger partial charge in [-0.1, -0.05) is 34.1 Å². The summed E-state index contributed by atoms with van der Waals surface area (Å²) >= 11 is 3.32. The highest BCUT2D eigenvalue weighted by Crippen LogP contribution is 2.24. The van der Waals surface area contributed by atoms with Gasteiger partial charge in [-0.3, -0.25) is 14.2 Å². The van der Waals surface area contributed by atoms with Crippen molar-refractivity contribution in [1.82, 2.24) is 4.57 Å². The first-order valence-corrected chi connectivity index (χ1v) is 8.33. The number of nitrogens with zero attached hydrogens (tertiary/aromatic N) is 2. The molecule has 3 aromatic rings. The van der Waals surface area contributed by atoms with Gasteiger partial charge in [-0.05, 0) is 31.2 Å². The molecule has 0 bridgehead atoms. The van der Waals surface area contributed by atoms with Gasteiger partial charge in [0.2, 0.25) is 5.91 Å². The van der Waals surface area contributed by atoms with Crippen molar-refractivity contribution in [2.24, 2.45) is 0 Å². The lowest BCUT2D eigenvalue weighted by atomic mass is 10.1. The van der Waals surface area contributed by atoms with Crippen molar-refractivity contribution in [1.29, 1.82) is 0 Å². The number of Topliss-reactive ketones (excluding diaryl/α,β-unsaturated/α-hetero) is 1. The second-order valence-corrected chi connectivity index (χ2v) is 6.52. The Kier molecular flexibility index (Phi) is 4.59. The Hall–Kier alpha value is -2.67. The summed E-state index contributed by atoms with van der Waals surface area (Å²) in [4.78, 5) is 38.0. The molecule has 1 amide bonds. The fraction of sp³-hybridized carbons (Fsp3) is 0.167.